The van der Waals surface area contributed by atoms with Crippen molar-refractivity contribution in [2.75, 3.05) is 13.2 Å². The molecule has 25 atom stereocenters. The van der Waals surface area contributed by atoms with Crippen molar-refractivity contribution >= 4 is 0 Å². The smallest absolute Gasteiger partial charge is 0.187 e. The normalized spacial score (nSPS) is 53.0. The van der Waals surface area contributed by atoms with Gasteiger partial charge in [-0.1, -0.05) is 46.3 Å². The Balaban J connectivity index is 1.08. The molecular formula is C48H82O17. The fraction of sp³-hybridized carbons (Fsp3) is 0.958. The van der Waals surface area contributed by atoms with E-state index < -0.39 is 122 Å². The maximum Gasteiger partial charge on any atom is 0.187 e. The number of rotatable bonds is 12. The lowest BCUT2D eigenvalue weighted by molar-refractivity contribution is -0.345. The monoisotopic (exact) mass is 931 g/mol. The highest BCUT2D eigenvalue weighted by atomic mass is 16.7. The van der Waals surface area contributed by atoms with E-state index in [0.717, 1.165) is 37.7 Å². The lowest BCUT2D eigenvalue weighted by Gasteiger charge is -2.71. The molecule has 10 unspecified atom stereocenters. The molecule has 4 saturated carbocycles. The number of ether oxygens (including phenoxy) is 6. The summed E-state index contributed by atoms with van der Waals surface area (Å²) in [4.78, 5) is 0. The SMILES string of the molecule is CC(C)=CCCC(C)(O[C@@H]1O[C@H](CO)[C@@H](O)[C@H](O)[C@H]1O)C1CCC2(C)C1C(O)CC1C3(C)CCC(O[C@@H]4O[C@H](CO[C@@H]5O[C@@H](C)[C@H](O)[C@@H](O)[C@H]5O)[C@@H](O)[C@H](O)[C@H]4O)C(C)(C)C3CCC12C. The van der Waals surface area contributed by atoms with Gasteiger partial charge in [0.25, 0.3) is 0 Å². The zero-order valence-corrected chi connectivity index (χ0v) is 39.8. The zero-order chi connectivity index (χ0) is 47.9. The van der Waals surface area contributed by atoms with E-state index in [4.69, 9.17) is 28.4 Å². The topological polar surface area (TPSA) is 278 Å². The molecule has 7 rings (SSSR count). The Morgan fingerprint density at radius 2 is 1.25 bits per heavy atom. The maximum atomic E-state index is 12.6. The number of aliphatic hydroxyl groups is 11. The molecule has 11 N–H and O–H groups in total. The molecular weight excluding hydrogens is 849 g/mol. The van der Waals surface area contributed by atoms with Gasteiger partial charge in [-0.15, -0.1) is 0 Å². The van der Waals surface area contributed by atoms with Gasteiger partial charge in [0.05, 0.1) is 37.1 Å². The first-order chi connectivity index (χ1) is 30.3. The summed E-state index contributed by atoms with van der Waals surface area (Å²) in [5.74, 6) is -0.0150. The average molecular weight is 931 g/mol. The highest BCUT2D eigenvalue weighted by molar-refractivity contribution is 5.20. The first kappa shape index (κ1) is 51.9. The molecule has 0 spiro atoms. The molecule has 7 fully saturated rings. The fourth-order valence-electron chi connectivity index (χ4n) is 14.7. The third-order valence-corrected chi connectivity index (χ3v) is 18.7. The van der Waals surface area contributed by atoms with E-state index in [1.807, 2.05) is 20.8 Å². The Morgan fingerprint density at radius 3 is 1.89 bits per heavy atom. The molecule has 3 heterocycles. The van der Waals surface area contributed by atoms with Crippen LogP contribution in [0, 0.1) is 45.3 Å². The Bertz CT molecular complexity index is 1660. The molecule has 0 aromatic heterocycles. The summed E-state index contributed by atoms with van der Waals surface area (Å²) in [7, 11) is 0. The van der Waals surface area contributed by atoms with E-state index in [0.29, 0.717) is 25.7 Å². The van der Waals surface area contributed by atoms with Crippen LogP contribution in [0.25, 0.3) is 0 Å². The standard InChI is InChI=1S/C48H82O17/c1-22(2)11-10-15-48(9,65-43-40(59)36(55)33(52)26(20-49)62-43)24-12-17-47(8)31(24)25(50)19-29-45(6)16-14-30(44(4,5)28(45)13-18-46(29,47)7)64-42-39(58)37(56)34(53)27(63-42)21-60-41-38(57)35(54)32(51)23(3)61-41/h11,23-43,49-59H,10,12-21H2,1-9H3/t23-,24?,25?,26+,27+,28?,29?,30?,31?,32-,33+,34+,35+,36-,37-,38+,39+,40+,41+,42-,43-,45?,46?,47?,48?/m0/s1. The Hall–Kier alpha value is -0.940. The number of hydrogen-bond acceptors (Lipinski definition) is 17. The van der Waals surface area contributed by atoms with E-state index in [9.17, 15) is 56.2 Å². The van der Waals surface area contributed by atoms with Gasteiger partial charge in [-0.25, -0.2) is 0 Å². The summed E-state index contributed by atoms with van der Waals surface area (Å²) >= 11 is 0. The van der Waals surface area contributed by atoms with Crippen LogP contribution in [0.4, 0.5) is 0 Å². The van der Waals surface area contributed by atoms with Gasteiger partial charge in [0, 0.05) is 0 Å². The van der Waals surface area contributed by atoms with E-state index >= 15 is 0 Å². The molecule has 0 aromatic carbocycles. The highest BCUT2D eigenvalue weighted by Crippen LogP contribution is 2.76. The molecule has 3 saturated heterocycles. The molecule has 0 aromatic rings. The van der Waals surface area contributed by atoms with Crippen LogP contribution in [0.2, 0.25) is 0 Å². The van der Waals surface area contributed by atoms with Crippen LogP contribution in [-0.4, -0.2) is 179 Å². The van der Waals surface area contributed by atoms with Gasteiger partial charge in [-0.05, 0) is 131 Å². The molecule has 3 aliphatic heterocycles. The van der Waals surface area contributed by atoms with Crippen LogP contribution in [0.1, 0.15) is 120 Å². The number of aliphatic hydroxyl groups excluding tert-OH is 11. The second kappa shape index (κ2) is 19.0. The number of hydrogen-bond donors (Lipinski definition) is 11. The molecule has 7 aliphatic rings. The summed E-state index contributed by atoms with van der Waals surface area (Å²) in [6, 6.07) is 0. The second-order valence-corrected chi connectivity index (χ2v) is 22.9. The van der Waals surface area contributed by atoms with Crippen molar-refractivity contribution in [2.24, 2.45) is 45.3 Å². The minimum Gasteiger partial charge on any atom is -0.394 e. The largest absolute Gasteiger partial charge is 0.394 e. The van der Waals surface area contributed by atoms with Crippen LogP contribution in [-0.2, 0) is 28.4 Å². The molecule has 0 bridgehead atoms. The molecule has 65 heavy (non-hydrogen) atoms. The Morgan fingerprint density at radius 1 is 0.662 bits per heavy atom. The van der Waals surface area contributed by atoms with Crippen LogP contribution < -0.4 is 0 Å². The average Bonchev–Trinajstić information content (AvgIpc) is 3.63. The van der Waals surface area contributed by atoms with Crippen LogP contribution in [0.3, 0.4) is 0 Å². The molecule has 0 amide bonds. The van der Waals surface area contributed by atoms with Gasteiger partial charge in [0.2, 0.25) is 0 Å². The lowest BCUT2D eigenvalue weighted by Crippen LogP contribution is -2.67. The first-order valence-electron chi connectivity index (χ1n) is 24.2. The maximum absolute atomic E-state index is 12.6. The van der Waals surface area contributed by atoms with Crippen molar-refractivity contribution in [3.63, 3.8) is 0 Å². The van der Waals surface area contributed by atoms with Crippen molar-refractivity contribution in [3.8, 4) is 0 Å². The van der Waals surface area contributed by atoms with Crippen molar-refractivity contribution in [3.05, 3.63) is 11.6 Å². The van der Waals surface area contributed by atoms with Crippen molar-refractivity contribution in [1.29, 1.82) is 0 Å². The van der Waals surface area contributed by atoms with E-state index in [1.165, 1.54) is 6.92 Å². The summed E-state index contributed by atoms with van der Waals surface area (Å²) in [6.07, 6.45) is -13.3. The van der Waals surface area contributed by atoms with Crippen LogP contribution in [0.5, 0.6) is 0 Å². The summed E-state index contributed by atoms with van der Waals surface area (Å²) in [6.45, 7) is 18.1. The van der Waals surface area contributed by atoms with E-state index in [2.05, 4.69) is 40.7 Å². The third kappa shape index (κ3) is 8.84. The van der Waals surface area contributed by atoms with Gasteiger partial charge in [0.15, 0.2) is 18.9 Å². The van der Waals surface area contributed by atoms with Gasteiger partial charge in [-0.2, -0.15) is 0 Å². The predicted molar refractivity (Wildman–Crippen MR) is 232 cm³/mol. The Labute approximate surface area is 384 Å². The molecule has 4 aliphatic carbocycles. The predicted octanol–water partition coefficient (Wildman–Crippen LogP) is 1.00. The van der Waals surface area contributed by atoms with Crippen LogP contribution >= 0.6 is 0 Å². The first-order valence-corrected chi connectivity index (χ1v) is 24.2. The lowest BCUT2D eigenvalue weighted by atomic mass is 9.35. The zero-order valence-electron chi connectivity index (χ0n) is 39.8. The van der Waals surface area contributed by atoms with E-state index in [-0.39, 0.29) is 46.5 Å². The van der Waals surface area contributed by atoms with Crippen molar-refractivity contribution in [2.45, 2.75) is 230 Å². The van der Waals surface area contributed by atoms with Gasteiger partial charge in [0.1, 0.15) is 67.1 Å². The van der Waals surface area contributed by atoms with Crippen molar-refractivity contribution < 1.29 is 84.6 Å². The van der Waals surface area contributed by atoms with Crippen LogP contribution in [0.15, 0.2) is 11.6 Å². The number of allylic oxidation sites excluding steroid dienone is 2. The van der Waals surface area contributed by atoms with E-state index in [1.54, 1.807) is 0 Å². The highest BCUT2D eigenvalue weighted by Gasteiger charge is 2.72. The Kier molecular flexibility index (Phi) is 15.2. The molecule has 0 radical (unpaired) electrons. The van der Waals surface area contributed by atoms with Gasteiger partial charge >= 0.3 is 0 Å². The summed E-state index contributed by atoms with van der Waals surface area (Å²) in [5, 5.41) is 119. The quantitative estimate of drug-likeness (QED) is 0.0962. The number of fused-ring (bicyclic) bond motifs is 5. The summed E-state index contributed by atoms with van der Waals surface area (Å²) in [5.41, 5.74) is -0.913. The van der Waals surface area contributed by atoms with Gasteiger partial charge in [-0.3, -0.25) is 0 Å². The van der Waals surface area contributed by atoms with Crippen molar-refractivity contribution in [1.82, 2.24) is 0 Å². The fourth-order valence-corrected chi connectivity index (χ4v) is 14.7. The molecule has 17 nitrogen and oxygen atoms in total. The second-order valence-electron chi connectivity index (χ2n) is 22.9. The molecule has 17 heteroatoms. The summed E-state index contributed by atoms with van der Waals surface area (Å²) < 4.78 is 36.7. The minimum absolute atomic E-state index is 0.141. The minimum atomic E-state index is -1.64. The van der Waals surface area contributed by atoms with Gasteiger partial charge < -0.3 is 84.6 Å². The third-order valence-electron chi connectivity index (χ3n) is 18.7. The molecule has 376 valence electrons.